The highest BCUT2D eigenvalue weighted by Gasteiger charge is 2.30. The van der Waals surface area contributed by atoms with Crippen LogP contribution in [0.5, 0.6) is 5.75 Å². The fourth-order valence-electron chi connectivity index (χ4n) is 3.09. The largest absolute Gasteiger partial charge is 0.433 e. The zero-order valence-electron chi connectivity index (χ0n) is 12.7. The number of rotatable bonds is 5. The Kier molecular flexibility index (Phi) is 4.95. The molecule has 1 aromatic carbocycles. The van der Waals surface area contributed by atoms with Gasteiger partial charge >= 0.3 is 6.61 Å². The molecule has 1 N–H and O–H groups in total. The number of anilines is 1. The number of alkyl halides is 2. The van der Waals surface area contributed by atoms with Gasteiger partial charge in [-0.25, -0.2) is 0 Å². The first-order valence-electron chi connectivity index (χ1n) is 7.84. The molecule has 5 nitrogen and oxygen atoms in total. The number of ether oxygens (including phenoxy) is 2. The number of nitrogens with one attached hydrogen (secondary N) is 1. The Morgan fingerprint density at radius 1 is 1.35 bits per heavy atom. The molecule has 2 aliphatic rings. The Hall–Kier alpha value is -1.89. The van der Waals surface area contributed by atoms with Crippen molar-refractivity contribution in [3.63, 3.8) is 0 Å². The Labute approximate surface area is 133 Å². The third kappa shape index (κ3) is 3.90. The molecule has 23 heavy (non-hydrogen) atoms. The van der Waals surface area contributed by atoms with Gasteiger partial charge in [0.2, 0.25) is 5.91 Å². The predicted molar refractivity (Wildman–Crippen MR) is 80.8 cm³/mol. The van der Waals surface area contributed by atoms with Crippen LogP contribution in [-0.2, 0) is 9.53 Å². The van der Waals surface area contributed by atoms with E-state index in [4.69, 9.17) is 4.74 Å². The van der Waals surface area contributed by atoms with E-state index >= 15 is 0 Å². The first kappa shape index (κ1) is 16.0. The average molecular weight is 326 g/mol. The number of nitrogens with zero attached hydrogens (tertiary/aromatic N) is 1. The van der Waals surface area contributed by atoms with E-state index in [0.29, 0.717) is 25.4 Å². The molecule has 2 aliphatic heterocycles. The molecule has 0 unspecified atom stereocenters. The van der Waals surface area contributed by atoms with E-state index in [2.05, 4.69) is 10.1 Å². The van der Waals surface area contributed by atoms with Crippen molar-refractivity contribution in [3.05, 3.63) is 24.3 Å². The molecule has 0 spiro atoms. The maximum absolute atomic E-state index is 12.5. The second-order valence-corrected chi connectivity index (χ2v) is 5.79. The zero-order valence-corrected chi connectivity index (χ0v) is 12.7. The average Bonchev–Trinajstić information content (AvgIpc) is 3.18. The third-order valence-corrected chi connectivity index (χ3v) is 4.18. The summed E-state index contributed by atoms with van der Waals surface area (Å²) in [6.07, 6.45) is 2.08. The molecule has 7 heteroatoms. The van der Waals surface area contributed by atoms with E-state index in [1.54, 1.807) is 18.2 Å². The van der Waals surface area contributed by atoms with Crippen molar-refractivity contribution in [1.82, 2.24) is 5.32 Å². The van der Waals surface area contributed by atoms with Crippen LogP contribution < -0.4 is 15.0 Å². The van der Waals surface area contributed by atoms with Crippen molar-refractivity contribution >= 4 is 11.6 Å². The lowest BCUT2D eigenvalue weighted by Crippen LogP contribution is -2.42. The van der Waals surface area contributed by atoms with Crippen LogP contribution in [0, 0.1) is 0 Å². The van der Waals surface area contributed by atoms with Gasteiger partial charge in [-0.1, -0.05) is 12.1 Å². The number of hydrogen-bond acceptors (Lipinski definition) is 4. The summed E-state index contributed by atoms with van der Waals surface area (Å²) in [6, 6.07) is 6.72. The van der Waals surface area contributed by atoms with Gasteiger partial charge in [-0.15, -0.1) is 0 Å². The second kappa shape index (κ2) is 7.12. The summed E-state index contributed by atoms with van der Waals surface area (Å²) in [4.78, 5) is 14.0. The van der Waals surface area contributed by atoms with Crippen LogP contribution in [0.1, 0.15) is 19.3 Å². The highest BCUT2D eigenvalue weighted by Crippen LogP contribution is 2.31. The molecule has 2 atom stereocenters. The van der Waals surface area contributed by atoms with Gasteiger partial charge in [0.25, 0.3) is 0 Å². The normalized spacial score (nSPS) is 24.2. The maximum atomic E-state index is 12.5. The minimum Gasteiger partial charge on any atom is -0.433 e. The summed E-state index contributed by atoms with van der Waals surface area (Å²) < 4.78 is 34.9. The monoisotopic (exact) mass is 326 g/mol. The lowest BCUT2D eigenvalue weighted by atomic mass is 10.2. The molecule has 1 aromatic rings. The Morgan fingerprint density at radius 3 is 2.91 bits per heavy atom. The van der Waals surface area contributed by atoms with Gasteiger partial charge in [0.15, 0.2) is 0 Å². The van der Waals surface area contributed by atoms with E-state index in [0.717, 1.165) is 19.3 Å². The van der Waals surface area contributed by atoms with Gasteiger partial charge in [0, 0.05) is 25.7 Å². The number of halogens is 2. The smallest absolute Gasteiger partial charge is 0.387 e. The predicted octanol–water partition coefficient (Wildman–Crippen LogP) is 2.16. The number of amides is 1. The number of hydrogen-bond donors (Lipinski definition) is 1. The summed E-state index contributed by atoms with van der Waals surface area (Å²) in [5.74, 6) is 0.0834. The summed E-state index contributed by atoms with van der Waals surface area (Å²) in [5.41, 5.74) is 0.627. The molecule has 0 saturated carbocycles. The first-order chi connectivity index (χ1) is 11.1. The molecule has 0 bridgehead atoms. The Balaban J connectivity index is 1.60. The molecule has 0 aromatic heterocycles. The number of carbonyl (C=O) groups excluding carboxylic acids is 1. The molecule has 0 radical (unpaired) electrons. The quantitative estimate of drug-likeness (QED) is 0.901. The van der Waals surface area contributed by atoms with Crippen LogP contribution in [0.15, 0.2) is 24.3 Å². The minimum absolute atomic E-state index is 0.00805. The highest BCUT2D eigenvalue weighted by molar-refractivity contribution is 5.81. The first-order valence-corrected chi connectivity index (χ1v) is 7.84. The highest BCUT2D eigenvalue weighted by atomic mass is 19.3. The van der Waals surface area contributed by atoms with E-state index in [-0.39, 0.29) is 23.8 Å². The van der Waals surface area contributed by atoms with Gasteiger partial charge < -0.3 is 19.7 Å². The lowest BCUT2D eigenvalue weighted by Gasteiger charge is -2.22. The molecule has 2 saturated heterocycles. The molecule has 126 valence electrons. The van der Waals surface area contributed by atoms with Crippen LogP contribution in [0.3, 0.4) is 0 Å². The van der Waals surface area contributed by atoms with Crippen LogP contribution in [0.4, 0.5) is 14.5 Å². The number of carbonyl (C=O) groups is 1. The summed E-state index contributed by atoms with van der Waals surface area (Å²) in [5, 5.41) is 2.99. The number of para-hydroxylation sites is 2. The van der Waals surface area contributed by atoms with Crippen LogP contribution in [-0.4, -0.2) is 44.4 Å². The SMILES string of the molecule is O=C(N[C@@H]1CCN(c2ccccc2OC(F)F)C1)[C@@H]1CCCO1. The fraction of sp³-hybridized carbons (Fsp3) is 0.562. The minimum atomic E-state index is -2.85. The van der Waals surface area contributed by atoms with Crippen LogP contribution >= 0.6 is 0 Å². The summed E-state index contributed by atoms with van der Waals surface area (Å²) >= 11 is 0. The van der Waals surface area contributed by atoms with Gasteiger partial charge in [-0.3, -0.25) is 4.79 Å². The van der Waals surface area contributed by atoms with Crippen molar-refractivity contribution in [2.24, 2.45) is 0 Å². The molecule has 2 fully saturated rings. The van der Waals surface area contributed by atoms with Gasteiger partial charge in [0.1, 0.15) is 11.9 Å². The summed E-state index contributed by atoms with van der Waals surface area (Å²) in [7, 11) is 0. The van der Waals surface area contributed by atoms with Crippen LogP contribution in [0.25, 0.3) is 0 Å². The third-order valence-electron chi connectivity index (χ3n) is 4.18. The summed E-state index contributed by atoms with van der Waals surface area (Å²) in [6.45, 7) is -0.969. The van der Waals surface area contributed by atoms with Gasteiger partial charge in [0.05, 0.1) is 5.69 Å². The van der Waals surface area contributed by atoms with Crippen molar-refractivity contribution < 1.29 is 23.0 Å². The number of benzene rings is 1. The van der Waals surface area contributed by atoms with Gasteiger partial charge in [-0.2, -0.15) is 8.78 Å². The van der Waals surface area contributed by atoms with Crippen molar-refractivity contribution in [1.29, 1.82) is 0 Å². The fourth-order valence-corrected chi connectivity index (χ4v) is 3.09. The molecule has 2 heterocycles. The molecule has 0 aliphatic carbocycles. The molecular formula is C16H20F2N2O3. The van der Waals surface area contributed by atoms with E-state index in [1.807, 2.05) is 4.90 Å². The molecule has 1 amide bonds. The van der Waals surface area contributed by atoms with E-state index in [1.165, 1.54) is 6.07 Å². The van der Waals surface area contributed by atoms with Crippen LogP contribution in [0.2, 0.25) is 0 Å². The Morgan fingerprint density at radius 2 is 2.17 bits per heavy atom. The molecular weight excluding hydrogens is 306 g/mol. The Bertz CT molecular complexity index is 550. The molecule has 3 rings (SSSR count). The van der Waals surface area contributed by atoms with E-state index < -0.39 is 6.61 Å². The zero-order chi connectivity index (χ0) is 16.2. The van der Waals surface area contributed by atoms with Crippen molar-refractivity contribution in [3.8, 4) is 5.75 Å². The van der Waals surface area contributed by atoms with E-state index in [9.17, 15) is 13.6 Å². The lowest BCUT2D eigenvalue weighted by molar-refractivity contribution is -0.130. The van der Waals surface area contributed by atoms with Gasteiger partial charge in [-0.05, 0) is 31.4 Å². The standard InChI is InChI=1S/C16H20F2N2O3/c17-16(18)23-13-5-2-1-4-12(13)20-8-7-11(10-20)19-15(21)14-6-3-9-22-14/h1-2,4-5,11,14,16H,3,6-10H2,(H,19,21)/t11-,14+/m1/s1. The van der Waals surface area contributed by atoms with Crippen molar-refractivity contribution in [2.45, 2.75) is 38.0 Å². The second-order valence-electron chi connectivity index (χ2n) is 5.79. The maximum Gasteiger partial charge on any atom is 0.387 e. The van der Waals surface area contributed by atoms with Crippen molar-refractivity contribution in [2.75, 3.05) is 24.6 Å². The topological polar surface area (TPSA) is 50.8 Å².